The Labute approximate surface area is 115 Å². The zero-order chi connectivity index (χ0) is 14.3. The van der Waals surface area contributed by atoms with Crippen LogP contribution in [0.1, 0.15) is 58.3 Å². The van der Waals surface area contributed by atoms with Crippen LogP contribution in [0.4, 0.5) is 0 Å². The Morgan fingerprint density at radius 3 is 1.95 bits per heavy atom. The highest BCUT2D eigenvalue weighted by molar-refractivity contribution is 4.88. The number of rotatable bonds is 8. The molecule has 114 valence electrons. The second-order valence-corrected chi connectivity index (χ2v) is 5.45. The minimum absolute atomic E-state index is 0.593. The zero-order valence-electron chi connectivity index (χ0n) is 11.7. The van der Waals surface area contributed by atoms with Gasteiger partial charge in [-0.2, -0.15) is 0 Å². The van der Waals surface area contributed by atoms with E-state index in [2.05, 4.69) is 6.92 Å². The number of aliphatic hydroxyl groups is 4. The van der Waals surface area contributed by atoms with E-state index in [0.717, 1.165) is 19.3 Å². The van der Waals surface area contributed by atoms with Crippen LogP contribution in [0.2, 0.25) is 0 Å². The van der Waals surface area contributed by atoms with Crippen LogP contribution in [0, 0.1) is 0 Å². The molecule has 19 heavy (non-hydrogen) atoms. The molecule has 0 aromatic heterocycles. The molecule has 1 heterocycles. The van der Waals surface area contributed by atoms with Crippen molar-refractivity contribution in [2.75, 3.05) is 0 Å². The lowest BCUT2D eigenvalue weighted by atomic mass is 9.95. The van der Waals surface area contributed by atoms with E-state index >= 15 is 0 Å². The summed E-state index contributed by atoms with van der Waals surface area (Å²) in [5, 5.41) is 38.0. The average Bonchev–Trinajstić information content (AvgIpc) is 2.41. The summed E-state index contributed by atoms with van der Waals surface area (Å²) >= 11 is 0. The number of unbranched alkanes of at least 4 members (excludes halogenated alkanes) is 6. The summed E-state index contributed by atoms with van der Waals surface area (Å²) in [5.74, 6) is 0. The fourth-order valence-corrected chi connectivity index (χ4v) is 2.47. The minimum atomic E-state index is -1.43. The van der Waals surface area contributed by atoms with Crippen LogP contribution in [0.3, 0.4) is 0 Å². The predicted octanol–water partition coefficient (Wildman–Crippen LogP) is 0.927. The topological polar surface area (TPSA) is 90.2 Å². The SMILES string of the molecule is CCCCCCCCC[C@@H]1O[C@H](O)[C@@H](O)[C@H](O)[C@@H]1O. The molecule has 4 N–H and O–H groups in total. The maximum absolute atomic E-state index is 9.75. The van der Waals surface area contributed by atoms with Gasteiger partial charge in [0, 0.05) is 0 Å². The molecular formula is C14H28O5. The quantitative estimate of drug-likeness (QED) is 0.495. The lowest BCUT2D eigenvalue weighted by Gasteiger charge is -2.38. The first kappa shape index (κ1) is 16.9. The molecule has 0 saturated carbocycles. The predicted molar refractivity (Wildman–Crippen MR) is 71.5 cm³/mol. The van der Waals surface area contributed by atoms with Gasteiger partial charge >= 0.3 is 0 Å². The number of hydrogen-bond acceptors (Lipinski definition) is 5. The zero-order valence-corrected chi connectivity index (χ0v) is 11.7. The van der Waals surface area contributed by atoms with E-state index in [9.17, 15) is 20.4 Å². The molecule has 0 unspecified atom stereocenters. The Balaban J connectivity index is 2.15. The Bertz CT molecular complexity index is 236. The molecule has 1 aliphatic heterocycles. The molecule has 5 nitrogen and oxygen atoms in total. The van der Waals surface area contributed by atoms with Gasteiger partial charge in [-0.15, -0.1) is 0 Å². The highest BCUT2D eigenvalue weighted by atomic mass is 16.6. The molecule has 1 saturated heterocycles. The first-order chi connectivity index (χ1) is 9.07. The van der Waals surface area contributed by atoms with Crippen molar-refractivity contribution >= 4 is 0 Å². The minimum Gasteiger partial charge on any atom is -0.388 e. The second kappa shape index (κ2) is 8.87. The fraction of sp³-hybridized carbons (Fsp3) is 1.00. The number of aliphatic hydroxyl groups excluding tert-OH is 4. The summed E-state index contributed by atoms with van der Waals surface area (Å²) in [5.41, 5.74) is 0. The molecule has 1 aliphatic rings. The lowest BCUT2D eigenvalue weighted by Crippen LogP contribution is -2.57. The normalized spacial score (nSPS) is 35.5. The Kier molecular flexibility index (Phi) is 7.87. The van der Waals surface area contributed by atoms with Crippen molar-refractivity contribution < 1.29 is 25.2 Å². The van der Waals surface area contributed by atoms with Gasteiger partial charge < -0.3 is 25.2 Å². The largest absolute Gasteiger partial charge is 0.388 e. The summed E-state index contributed by atoms with van der Waals surface area (Å²) in [4.78, 5) is 0. The van der Waals surface area contributed by atoms with Gasteiger partial charge in [0.1, 0.15) is 18.3 Å². The Morgan fingerprint density at radius 1 is 0.737 bits per heavy atom. The summed E-state index contributed by atoms with van der Waals surface area (Å²) in [6.07, 6.45) is 2.82. The molecule has 0 aromatic carbocycles. The van der Waals surface area contributed by atoms with Crippen molar-refractivity contribution in [3.63, 3.8) is 0 Å². The molecule has 0 radical (unpaired) electrons. The van der Waals surface area contributed by atoms with E-state index in [1.807, 2.05) is 0 Å². The molecule has 1 fully saturated rings. The van der Waals surface area contributed by atoms with E-state index in [-0.39, 0.29) is 0 Å². The molecule has 0 aliphatic carbocycles. The molecule has 0 spiro atoms. The monoisotopic (exact) mass is 276 g/mol. The molecule has 1 rings (SSSR count). The maximum Gasteiger partial charge on any atom is 0.183 e. The van der Waals surface area contributed by atoms with E-state index in [4.69, 9.17) is 4.74 Å². The van der Waals surface area contributed by atoms with Crippen LogP contribution < -0.4 is 0 Å². The van der Waals surface area contributed by atoms with Crippen molar-refractivity contribution in [1.29, 1.82) is 0 Å². The maximum atomic E-state index is 9.75. The highest BCUT2D eigenvalue weighted by Gasteiger charge is 2.42. The molecule has 0 bridgehead atoms. The summed E-state index contributed by atoms with van der Waals surface area (Å²) in [7, 11) is 0. The van der Waals surface area contributed by atoms with E-state index in [1.54, 1.807) is 0 Å². The summed E-state index contributed by atoms with van der Waals surface area (Å²) in [6.45, 7) is 2.19. The second-order valence-electron chi connectivity index (χ2n) is 5.45. The summed E-state index contributed by atoms with van der Waals surface area (Å²) < 4.78 is 5.12. The van der Waals surface area contributed by atoms with Crippen LogP contribution in [-0.4, -0.2) is 51.1 Å². The van der Waals surface area contributed by atoms with E-state index < -0.39 is 30.7 Å². The Hall–Kier alpha value is -0.200. The standard InChI is InChI=1S/C14H28O5/c1-2-3-4-5-6-7-8-9-10-11(15)12(16)13(17)14(18)19-10/h10-18H,2-9H2,1H3/t10-,11+,12+,13-,14-/m0/s1. The first-order valence-corrected chi connectivity index (χ1v) is 7.45. The molecule has 5 atom stereocenters. The van der Waals surface area contributed by atoms with Crippen LogP contribution >= 0.6 is 0 Å². The van der Waals surface area contributed by atoms with Crippen molar-refractivity contribution in [3.05, 3.63) is 0 Å². The van der Waals surface area contributed by atoms with Crippen molar-refractivity contribution in [2.45, 2.75) is 89.0 Å². The Morgan fingerprint density at radius 2 is 1.32 bits per heavy atom. The number of ether oxygens (including phenoxy) is 1. The third-order valence-electron chi connectivity index (χ3n) is 3.78. The van der Waals surface area contributed by atoms with Crippen LogP contribution in [0.5, 0.6) is 0 Å². The van der Waals surface area contributed by atoms with Gasteiger partial charge in [-0.3, -0.25) is 0 Å². The van der Waals surface area contributed by atoms with Crippen LogP contribution in [0.25, 0.3) is 0 Å². The fourth-order valence-electron chi connectivity index (χ4n) is 2.47. The summed E-state index contributed by atoms with van der Waals surface area (Å²) in [6, 6.07) is 0. The number of hydrogen-bond donors (Lipinski definition) is 4. The first-order valence-electron chi connectivity index (χ1n) is 7.45. The van der Waals surface area contributed by atoms with Gasteiger partial charge in [0.15, 0.2) is 6.29 Å². The van der Waals surface area contributed by atoms with Gasteiger partial charge in [-0.05, 0) is 6.42 Å². The van der Waals surface area contributed by atoms with Gasteiger partial charge in [0.2, 0.25) is 0 Å². The van der Waals surface area contributed by atoms with Crippen LogP contribution in [0.15, 0.2) is 0 Å². The molecule has 5 heteroatoms. The van der Waals surface area contributed by atoms with Crippen LogP contribution in [-0.2, 0) is 4.74 Å². The van der Waals surface area contributed by atoms with Crippen molar-refractivity contribution in [2.24, 2.45) is 0 Å². The molecular weight excluding hydrogens is 248 g/mol. The van der Waals surface area contributed by atoms with Gasteiger partial charge in [0.25, 0.3) is 0 Å². The third-order valence-corrected chi connectivity index (χ3v) is 3.78. The molecule has 0 amide bonds. The van der Waals surface area contributed by atoms with Gasteiger partial charge in [-0.25, -0.2) is 0 Å². The molecule has 0 aromatic rings. The van der Waals surface area contributed by atoms with Gasteiger partial charge in [0.05, 0.1) is 6.10 Å². The average molecular weight is 276 g/mol. The van der Waals surface area contributed by atoms with Crippen molar-refractivity contribution in [1.82, 2.24) is 0 Å². The third kappa shape index (κ3) is 5.36. The lowest BCUT2D eigenvalue weighted by molar-refractivity contribution is -0.282. The van der Waals surface area contributed by atoms with Crippen molar-refractivity contribution in [3.8, 4) is 0 Å². The van der Waals surface area contributed by atoms with E-state index in [1.165, 1.54) is 25.7 Å². The highest BCUT2D eigenvalue weighted by Crippen LogP contribution is 2.23. The van der Waals surface area contributed by atoms with E-state index in [0.29, 0.717) is 6.42 Å². The smallest absolute Gasteiger partial charge is 0.183 e. The van der Waals surface area contributed by atoms with Gasteiger partial charge in [-0.1, -0.05) is 51.9 Å².